The Morgan fingerprint density at radius 3 is 2.56 bits per heavy atom. The Balaban J connectivity index is 1.59. The van der Waals surface area contributed by atoms with Crippen molar-refractivity contribution < 1.29 is 9.59 Å². The number of urea groups is 1. The molecule has 0 aliphatic carbocycles. The third kappa shape index (κ3) is 5.18. The van der Waals surface area contributed by atoms with Crippen LogP contribution in [0.3, 0.4) is 0 Å². The number of carbonyl (C=O) groups excluding carboxylic acids is 2. The SMILES string of the molecule is Cc1sc2nc(SC(C)C(=O)NC(=O)Nc3ccccc3)n(Cc3ccccn3)c(=O)c2c1C. The number of aromatic nitrogens is 3. The van der Waals surface area contributed by atoms with Gasteiger partial charge >= 0.3 is 6.03 Å². The number of imide groups is 1. The minimum atomic E-state index is -0.678. The van der Waals surface area contributed by atoms with E-state index in [9.17, 15) is 14.4 Å². The molecule has 0 saturated heterocycles. The van der Waals surface area contributed by atoms with Crippen molar-refractivity contribution in [2.45, 2.75) is 37.7 Å². The molecular formula is C24H23N5O3S2. The van der Waals surface area contributed by atoms with E-state index < -0.39 is 17.2 Å². The van der Waals surface area contributed by atoms with E-state index in [2.05, 4.69) is 15.6 Å². The smallest absolute Gasteiger partial charge is 0.308 e. The normalized spacial score (nSPS) is 11.9. The van der Waals surface area contributed by atoms with E-state index in [4.69, 9.17) is 4.98 Å². The topological polar surface area (TPSA) is 106 Å². The van der Waals surface area contributed by atoms with Crippen LogP contribution in [0.25, 0.3) is 10.2 Å². The summed E-state index contributed by atoms with van der Waals surface area (Å²) in [4.78, 5) is 49.1. The first-order chi connectivity index (χ1) is 16.3. The number of anilines is 1. The fourth-order valence-electron chi connectivity index (χ4n) is 3.30. The zero-order valence-corrected chi connectivity index (χ0v) is 20.5. The fourth-order valence-corrected chi connectivity index (χ4v) is 5.28. The highest BCUT2D eigenvalue weighted by Gasteiger charge is 2.23. The molecule has 174 valence electrons. The van der Waals surface area contributed by atoms with Gasteiger partial charge in [-0.05, 0) is 50.6 Å². The van der Waals surface area contributed by atoms with Gasteiger partial charge in [-0.15, -0.1) is 11.3 Å². The predicted molar refractivity (Wildman–Crippen MR) is 136 cm³/mol. The molecule has 0 fully saturated rings. The highest BCUT2D eigenvalue weighted by molar-refractivity contribution is 8.00. The van der Waals surface area contributed by atoms with Crippen molar-refractivity contribution in [2.24, 2.45) is 0 Å². The number of fused-ring (bicyclic) bond motifs is 1. The molecule has 0 aliphatic heterocycles. The van der Waals surface area contributed by atoms with Crippen LogP contribution in [0.5, 0.6) is 0 Å². The average molecular weight is 494 g/mol. The average Bonchev–Trinajstić information content (AvgIpc) is 3.10. The van der Waals surface area contributed by atoms with E-state index in [0.29, 0.717) is 26.8 Å². The van der Waals surface area contributed by atoms with E-state index in [1.165, 1.54) is 11.3 Å². The molecule has 3 heterocycles. The lowest BCUT2D eigenvalue weighted by molar-refractivity contribution is -0.119. The minimum absolute atomic E-state index is 0.172. The van der Waals surface area contributed by atoms with Crippen LogP contribution in [-0.2, 0) is 11.3 Å². The Morgan fingerprint density at radius 1 is 1.12 bits per heavy atom. The molecule has 8 nitrogen and oxygen atoms in total. The summed E-state index contributed by atoms with van der Waals surface area (Å²) in [7, 11) is 0. The van der Waals surface area contributed by atoms with E-state index in [1.54, 1.807) is 42.0 Å². The number of pyridine rings is 1. The number of hydrogen-bond donors (Lipinski definition) is 2. The molecule has 2 N–H and O–H groups in total. The third-order valence-electron chi connectivity index (χ3n) is 5.22. The minimum Gasteiger partial charge on any atom is -0.308 e. The zero-order chi connectivity index (χ0) is 24.2. The number of aryl methyl sites for hydroxylation is 2. The fraction of sp³-hybridized carbons (Fsp3) is 0.208. The molecule has 0 radical (unpaired) electrons. The molecule has 0 spiro atoms. The van der Waals surface area contributed by atoms with Gasteiger partial charge in [0, 0.05) is 16.8 Å². The van der Waals surface area contributed by atoms with Crippen LogP contribution in [-0.4, -0.2) is 31.7 Å². The number of thioether (sulfide) groups is 1. The maximum absolute atomic E-state index is 13.4. The highest BCUT2D eigenvalue weighted by atomic mass is 32.2. The zero-order valence-electron chi connectivity index (χ0n) is 18.9. The molecule has 10 heteroatoms. The Bertz CT molecular complexity index is 1400. The maximum Gasteiger partial charge on any atom is 0.325 e. The summed E-state index contributed by atoms with van der Waals surface area (Å²) in [6.45, 7) is 5.76. The highest BCUT2D eigenvalue weighted by Crippen LogP contribution is 2.30. The largest absolute Gasteiger partial charge is 0.325 e. The van der Waals surface area contributed by atoms with Gasteiger partial charge in [0.05, 0.1) is 22.9 Å². The number of benzene rings is 1. The van der Waals surface area contributed by atoms with E-state index >= 15 is 0 Å². The van der Waals surface area contributed by atoms with Crippen LogP contribution in [0.15, 0.2) is 64.7 Å². The summed E-state index contributed by atoms with van der Waals surface area (Å²) < 4.78 is 1.54. The molecule has 3 amide bonds. The monoisotopic (exact) mass is 493 g/mol. The number of para-hydroxylation sites is 1. The first-order valence-corrected chi connectivity index (χ1v) is 12.3. The van der Waals surface area contributed by atoms with E-state index in [0.717, 1.165) is 22.2 Å². The number of nitrogens with zero attached hydrogens (tertiary/aromatic N) is 3. The summed E-state index contributed by atoms with van der Waals surface area (Å²) in [5.41, 5.74) is 2.02. The maximum atomic E-state index is 13.4. The Labute approximate surface area is 204 Å². The van der Waals surface area contributed by atoms with Gasteiger partial charge < -0.3 is 5.32 Å². The summed E-state index contributed by atoms with van der Waals surface area (Å²) in [6.07, 6.45) is 1.67. The van der Waals surface area contributed by atoms with Gasteiger partial charge in [0.1, 0.15) is 4.83 Å². The quantitative estimate of drug-likeness (QED) is 0.306. The van der Waals surface area contributed by atoms with Crippen LogP contribution in [0, 0.1) is 13.8 Å². The van der Waals surface area contributed by atoms with Crippen molar-refractivity contribution in [3.63, 3.8) is 0 Å². The number of thiophene rings is 1. The number of amides is 3. The summed E-state index contributed by atoms with van der Waals surface area (Å²) in [5.74, 6) is -0.490. The van der Waals surface area contributed by atoms with Crippen LogP contribution in [0.2, 0.25) is 0 Å². The van der Waals surface area contributed by atoms with Crippen molar-refractivity contribution >= 4 is 50.9 Å². The lowest BCUT2D eigenvalue weighted by Gasteiger charge is -2.15. The van der Waals surface area contributed by atoms with Crippen molar-refractivity contribution in [2.75, 3.05) is 5.32 Å². The van der Waals surface area contributed by atoms with Crippen LogP contribution in [0.1, 0.15) is 23.1 Å². The summed E-state index contributed by atoms with van der Waals surface area (Å²) in [5, 5.41) is 5.27. The van der Waals surface area contributed by atoms with Crippen molar-refractivity contribution in [1.82, 2.24) is 19.9 Å². The molecule has 0 aliphatic rings. The molecule has 1 atom stereocenters. The second kappa shape index (κ2) is 10.2. The Kier molecular flexibility index (Phi) is 7.09. The molecular weight excluding hydrogens is 470 g/mol. The molecule has 1 aromatic carbocycles. The van der Waals surface area contributed by atoms with Crippen LogP contribution < -0.4 is 16.2 Å². The number of hydrogen-bond acceptors (Lipinski definition) is 7. The van der Waals surface area contributed by atoms with Crippen LogP contribution in [0.4, 0.5) is 10.5 Å². The Morgan fingerprint density at radius 2 is 1.85 bits per heavy atom. The molecule has 3 aromatic heterocycles. The van der Waals surface area contributed by atoms with Gasteiger partial charge in [-0.25, -0.2) is 9.78 Å². The van der Waals surface area contributed by atoms with Gasteiger partial charge in [-0.1, -0.05) is 36.0 Å². The van der Waals surface area contributed by atoms with E-state index in [-0.39, 0.29) is 12.1 Å². The van der Waals surface area contributed by atoms with Gasteiger partial charge in [-0.3, -0.25) is 24.5 Å². The predicted octanol–water partition coefficient (Wildman–Crippen LogP) is 4.35. The third-order valence-corrected chi connectivity index (χ3v) is 7.41. The second-order valence-corrected chi connectivity index (χ2v) is 10.2. The molecule has 34 heavy (non-hydrogen) atoms. The lowest BCUT2D eigenvalue weighted by Crippen LogP contribution is -2.39. The molecule has 0 saturated carbocycles. The van der Waals surface area contributed by atoms with Gasteiger partial charge in [0.15, 0.2) is 5.16 Å². The van der Waals surface area contributed by atoms with Crippen molar-refractivity contribution in [1.29, 1.82) is 0 Å². The summed E-state index contributed by atoms with van der Waals surface area (Å²) >= 11 is 2.58. The lowest BCUT2D eigenvalue weighted by atomic mass is 10.2. The van der Waals surface area contributed by atoms with Crippen molar-refractivity contribution in [3.8, 4) is 0 Å². The standard InChI is InChI=1S/C24H23N5O3S2/c1-14-15(2)33-21-19(14)22(31)29(13-18-11-7-8-12-25-18)24(28-21)34-16(3)20(30)27-23(32)26-17-9-5-4-6-10-17/h4-12,16H,13H2,1-3H3,(H2,26,27,30,32). The van der Waals surface area contributed by atoms with Gasteiger partial charge in [0.2, 0.25) is 5.91 Å². The van der Waals surface area contributed by atoms with Crippen molar-refractivity contribution in [3.05, 3.63) is 81.2 Å². The van der Waals surface area contributed by atoms with E-state index in [1.807, 2.05) is 38.1 Å². The van der Waals surface area contributed by atoms with Gasteiger partial charge in [-0.2, -0.15) is 0 Å². The second-order valence-electron chi connectivity index (χ2n) is 7.64. The number of nitrogens with one attached hydrogen (secondary N) is 2. The van der Waals surface area contributed by atoms with Gasteiger partial charge in [0.25, 0.3) is 5.56 Å². The number of rotatable bonds is 6. The first-order valence-electron chi connectivity index (χ1n) is 10.6. The number of carbonyl (C=O) groups is 2. The molecule has 1 unspecified atom stereocenters. The molecule has 4 rings (SSSR count). The molecule has 0 bridgehead atoms. The first kappa shape index (κ1) is 23.7. The summed E-state index contributed by atoms with van der Waals surface area (Å²) in [6, 6.07) is 13.7. The van der Waals surface area contributed by atoms with Crippen LogP contribution >= 0.6 is 23.1 Å². The molecule has 4 aromatic rings. The Hall–Kier alpha value is -3.50.